The lowest BCUT2D eigenvalue weighted by atomic mass is 10.2. The molecule has 26 heavy (non-hydrogen) atoms. The van der Waals surface area contributed by atoms with Gasteiger partial charge in [0.05, 0.1) is 18.8 Å². The molecule has 0 aromatic heterocycles. The number of nitrogens with zero attached hydrogens (tertiary/aromatic N) is 2. The van der Waals surface area contributed by atoms with E-state index in [1.807, 2.05) is 55.3 Å². The first-order valence-electron chi connectivity index (χ1n) is 8.77. The van der Waals surface area contributed by atoms with Gasteiger partial charge in [-0.1, -0.05) is 29.8 Å². The van der Waals surface area contributed by atoms with Crippen molar-refractivity contribution in [2.75, 3.05) is 36.9 Å². The van der Waals surface area contributed by atoms with Crippen LogP contribution in [0.3, 0.4) is 0 Å². The highest BCUT2D eigenvalue weighted by Crippen LogP contribution is 2.32. The van der Waals surface area contributed by atoms with Crippen LogP contribution in [0.25, 0.3) is 0 Å². The summed E-state index contributed by atoms with van der Waals surface area (Å²) in [5, 5.41) is 4.62. The summed E-state index contributed by atoms with van der Waals surface area (Å²) in [6.45, 7) is 6.64. The third-order valence-electron chi connectivity index (χ3n) is 4.55. The summed E-state index contributed by atoms with van der Waals surface area (Å²) < 4.78 is 6.18. The first-order chi connectivity index (χ1) is 12.5. The smallest absolute Gasteiger partial charge is 0.173 e. The van der Waals surface area contributed by atoms with Gasteiger partial charge >= 0.3 is 0 Å². The maximum absolute atomic E-state index is 6.19. The van der Waals surface area contributed by atoms with Crippen LogP contribution >= 0.6 is 23.8 Å². The molecule has 1 N–H and O–H groups in total. The Bertz CT molecular complexity index is 798. The summed E-state index contributed by atoms with van der Waals surface area (Å²) >= 11 is 11.7. The molecule has 0 bridgehead atoms. The quantitative estimate of drug-likeness (QED) is 0.773. The largest absolute Gasteiger partial charge is 0.485 e. The van der Waals surface area contributed by atoms with Crippen LogP contribution < -0.4 is 15.0 Å². The van der Waals surface area contributed by atoms with E-state index in [4.69, 9.17) is 28.6 Å². The SMILES string of the molecule is CCN1C[C@H](CN(C)C(=S)Nc2ccc(C)c(Cl)c2)Oc2ccccc21. The highest BCUT2D eigenvalue weighted by Gasteiger charge is 2.26. The molecular formula is C20H24ClN3OS. The summed E-state index contributed by atoms with van der Waals surface area (Å²) in [4.78, 5) is 4.35. The fourth-order valence-electron chi connectivity index (χ4n) is 3.05. The fraction of sp³-hybridized carbons (Fsp3) is 0.350. The Morgan fingerprint density at radius 3 is 2.85 bits per heavy atom. The number of benzene rings is 2. The van der Waals surface area contributed by atoms with Crippen molar-refractivity contribution < 1.29 is 4.74 Å². The van der Waals surface area contributed by atoms with E-state index in [0.717, 1.165) is 40.8 Å². The van der Waals surface area contributed by atoms with E-state index in [9.17, 15) is 0 Å². The van der Waals surface area contributed by atoms with Crippen LogP contribution in [0.1, 0.15) is 12.5 Å². The van der Waals surface area contributed by atoms with E-state index in [2.05, 4.69) is 23.2 Å². The number of thiocarbonyl (C=S) groups is 1. The fourth-order valence-corrected chi connectivity index (χ4v) is 3.42. The maximum Gasteiger partial charge on any atom is 0.173 e. The Balaban J connectivity index is 1.63. The second-order valence-corrected chi connectivity index (χ2v) is 7.31. The summed E-state index contributed by atoms with van der Waals surface area (Å²) in [6.07, 6.45) is 0.0520. The number of hydrogen-bond acceptors (Lipinski definition) is 3. The molecule has 1 heterocycles. The molecule has 0 saturated heterocycles. The molecule has 3 rings (SSSR count). The second-order valence-electron chi connectivity index (χ2n) is 6.52. The predicted octanol–water partition coefficient (Wildman–Crippen LogP) is 4.56. The Labute approximate surface area is 165 Å². The number of rotatable bonds is 4. The lowest BCUT2D eigenvalue weighted by Crippen LogP contribution is -2.47. The van der Waals surface area contributed by atoms with Gasteiger partial charge < -0.3 is 19.9 Å². The van der Waals surface area contributed by atoms with E-state index in [1.54, 1.807) is 0 Å². The van der Waals surface area contributed by atoms with Gasteiger partial charge in [0.15, 0.2) is 5.11 Å². The molecule has 6 heteroatoms. The lowest BCUT2D eigenvalue weighted by molar-refractivity contribution is 0.169. The predicted molar refractivity (Wildman–Crippen MR) is 114 cm³/mol. The third-order valence-corrected chi connectivity index (χ3v) is 5.37. The highest BCUT2D eigenvalue weighted by molar-refractivity contribution is 7.80. The zero-order valence-corrected chi connectivity index (χ0v) is 16.9. The molecular weight excluding hydrogens is 366 g/mol. The van der Waals surface area contributed by atoms with Gasteiger partial charge in [-0.25, -0.2) is 0 Å². The van der Waals surface area contributed by atoms with Crippen molar-refractivity contribution in [1.29, 1.82) is 0 Å². The van der Waals surface area contributed by atoms with Gasteiger partial charge in [-0.3, -0.25) is 0 Å². The van der Waals surface area contributed by atoms with Crippen LogP contribution in [0, 0.1) is 6.92 Å². The highest BCUT2D eigenvalue weighted by atomic mass is 35.5. The third kappa shape index (κ3) is 4.22. The minimum Gasteiger partial charge on any atom is -0.485 e. The number of nitrogens with one attached hydrogen (secondary N) is 1. The standard InChI is InChI=1S/C20H24ClN3OS/c1-4-24-13-16(25-19-8-6-5-7-18(19)24)12-23(3)20(26)22-15-10-9-14(2)17(21)11-15/h5-11,16H,4,12-13H2,1-3H3,(H,22,26)/t16-/m0/s1. The van der Waals surface area contributed by atoms with E-state index >= 15 is 0 Å². The molecule has 0 spiro atoms. The van der Waals surface area contributed by atoms with Crippen molar-refractivity contribution in [1.82, 2.24) is 4.90 Å². The summed E-state index contributed by atoms with van der Waals surface area (Å²) in [5.41, 5.74) is 3.09. The molecule has 2 aromatic rings. The summed E-state index contributed by atoms with van der Waals surface area (Å²) in [6, 6.07) is 14.0. The Morgan fingerprint density at radius 2 is 2.12 bits per heavy atom. The molecule has 0 saturated carbocycles. The number of aryl methyl sites for hydroxylation is 1. The first kappa shape index (κ1) is 18.8. The van der Waals surface area contributed by atoms with Gasteiger partial charge in [0.1, 0.15) is 11.9 Å². The Morgan fingerprint density at radius 1 is 1.35 bits per heavy atom. The molecule has 0 unspecified atom stereocenters. The number of hydrogen-bond donors (Lipinski definition) is 1. The monoisotopic (exact) mass is 389 g/mol. The Hall–Kier alpha value is -1.98. The molecule has 1 aliphatic rings. The average Bonchev–Trinajstić information content (AvgIpc) is 2.64. The van der Waals surface area contributed by atoms with Crippen molar-refractivity contribution in [2.45, 2.75) is 20.0 Å². The van der Waals surface area contributed by atoms with Crippen LogP contribution in [0.15, 0.2) is 42.5 Å². The van der Waals surface area contributed by atoms with Crippen molar-refractivity contribution in [2.24, 2.45) is 0 Å². The van der Waals surface area contributed by atoms with Crippen molar-refractivity contribution in [3.05, 3.63) is 53.1 Å². The average molecular weight is 390 g/mol. The first-order valence-corrected chi connectivity index (χ1v) is 9.55. The zero-order valence-electron chi connectivity index (χ0n) is 15.3. The van der Waals surface area contributed by atoms with Crippen LogP contribution in [-0.4, -0.2) is 42.8 Å². The molecule has 0 aliphatic carbocycles. The van der Waals surface area contributed by atoms with E-state index in [-0.39, 0.29) is 6.10 Å². The molecule has 0 fully saturated rings. The van der Waals surface area contributed by atoms with Crippen molar-refractivity contribution in [3.63, 3.8) is 0 Å². The van der Waals surface area contributed by atoms with Gasteiger partial charge in [0.2, 0.25) is 0 Å². The van der Waals surface area contributed by atoms with Gasteiger partial charge in [0.25, 0.3) is 0 Å². The minimum absolute atomic E-state index is 0.0520. The number of likely N-dealkylation sites (N-methyl/N-ethyl adjacent to an activating group) is 2. The van der Waals surface area contributed by atoms with Crippen molar-refractivity contribution in [3.8, 4) is 5.75 Å². The molecule has 1 aliphatic heterocycles. The van der Waals surface area contributed by atoms with E-state index in [0.29, 0.717) is 11.7 Å². The number of ether oxygens (including phenoxy) is 1. The van der Waals surface area contributed by atoms with Gasteiger partial charge in [-0.15, -0.1) is 0 Å². The van der Waals surface area contributed by atoms with Crippen LogP contribution in [-0.2, 0) is 0 Å². The summed E-state index contributed by atoms with van der Waals surface area (Å²) in [5.74, 6) is 0.934. The van der Waals surface area contributed by atoms with Crippen LogP contribution in [0.2, 0.25) is 5.02 Å². The molecule has 0 radical (unpaired) electrons. The molecule has 4 nitrogen and oxygen atoms in total. The summed E-state index contributed by atoms with van der Waals surface area (Å²) in [7, 11) is 1.98. The molecule has 138 valence electrons. The van der Waals surface area contributed by atoms with Gasteiger partial charge in [0, 0.05) is 24.3 Å². The van der Waals surface area contributed by atoms with Gasteiger partial charge in [-0.05, 0) is 55.9 Å². The molecule has 0 amide bonds. The Kier molecular flexibility index (Phi) is 5.89. The maximum atomic E-state index is 6.19. The molecule has 1 atom stereocenters. The number of halogens is 1. The van der Waals surface area contributed by atoms with E-state index in [1.165, 1.54) is 0 Å². The van der Waals surface area contributed by atoms with Crippen LogP contribution in [0.5, 0.6) is 5.75 Å². The lowest BCUT2D eigenvalue weighted by Gasteiger charge is -2.37. The zero-order chi connectivity index (χ0) is 18.7. The second kappa shape index (κ2) is 8.14. The van der Waals surface area contributed by atoms with Crippen molar-refractivity contribution >= 4 is 40.3 Å². The topological polar surface area (TPSA) is 27.7 Å². The number of anilines is 2. The van der Waals surface area contributed by atoms with E-state index < -0.39 is 0 Å². The molecule has 2 aromatic carbocycles. The number of fused-ring (bicyclic) bond motifs is 1. The minimum atomic E-state index is 0.0520. The van der Waals surface area contributed by atoms with Crippen LogP contribution in [0.4, 0.5) is 11.4 Å². The van der Waals surface area contributed by atoms with Gasteiger partial charge in [-0.2, -0.15) is 0 Å². The normalized spacial score (nSPS) is 15.8. The number of para-hydroxylation sites is 2.